The highest BCUT2D eigenvalue weighted by Gasteiger charge is 2.29. The second-order valence-corrected chi connectivity index (χ2v) is 4.95. The first-order chi connectivity index (χ1) is 9.16. The van der Waals surface area contributed by atoms with E-state index in [9.17, 15) is 0 Å². The van der Waals surface area contributed by atoms with Gasteiger partial charge in [-0.3, -0.25) is 0 Å². The Hall–Kier alpha value is -1.95. The Balaban J connectivity index is 2.06. The van der Waals surface area contributed by atoms with Crippen molar-refractivity contribution < 1.29 is 4.74 Å². The summed E-state index contributed by atoms with van der Waals surface area (Å²) < 4.78 is 7.45. The molecular weight excluding hydrogens is 242 g/mol. The topological polar surface area (TPSA) is 78.9 Å². The molecule has 100 valence electrons. The molecule has 1 aliphatic heterocycles. The third kappa shape index (κ3) is 2.08. The summed E-state index contributed by atoms with van der Waals surface area (Å²) in [5, 5.41) is 12.1. The molecule has 1 aromatic heterocycles. The highest BCUT2D eigenvalue weighted by Crippen LogP contribution is 2.30. The van der Waals surface area contributed by atoms with Crippen LogP contribution in [0.1, 0.15) is 24.9 Å². The molecule has 0 radical (unpaired) electrons. The van der Waals surface area contributed by atoms with Gasteiger partial charge in [0.2, 0.25) is 0 Å². The molecule has 3 rings (SSSR count). The van der Waals surface area contributed by atoms with Crippen LogP contribution in [0, 0.1) is 6.92 Å². The van der Waals surface area contributed by atoms with E-state index in [-0.39, 0.29) is 12.1 Å². The molecule has 19 heavy (non-hydrogen) atoms. The van der Waals surface area contributed by atoms with Crippen LogP contribution in [0.15, 0.2) is 18.2 Å². The zero-order valence-corrected chi connectivity index (χ0v) is 11.1. The number of hydrogen-bond donors (Lipinski definition) is 1. The molecule has 2 atom stereocenters. The van der Waals surface area contributed by atoms with Gasteiger partial charge in [-0.25, -0.2) is 4.68 Å². The quantitative estimate of drug-likeness (QED) is 0.828. The van der Waals surface area contributed by atoms with Crippen molar-refractivity contribution in [2.45, 2.75) is 32.4 Å². The zero-order chi connectivity index (χ0) is 13.4. The molecule has 0 spiro atoms. The molecule has 2 heterocycles. The number of ether oxygens (including phenoxy) is 1. The third-order valence-electron chi connectivity index (χ3n) is 3.65. The molecule has 1 aromatic carbocycles. The molecule has 1 fully saturated rings. The van der Waals surface area contributed by atoms with E-state index in [2.05, 4.69) is 22.4 Å². The van der Waals surface area contributed by atoms with Crippen molar-refractivity contribution in [3.8, 4) is 11.4 Å². The van der Waals surface area contributed by atoms with Crippen LogP contribution in [0.5, 0.6) is 0 Å². The van der Waals surface area contributed by atoms with Gasteiger partial charge in [-0.1, -0.05) is 6.07 Å². The van der Waals surface area contributed by atoms with Gasteiger partial charge in [-0.05, 0) is 48.4 Å². The Bertz CT molecular complexity index is 594. The van der Waals surface area contributed by atoms with Crippen LogP contribution in [0.3, 0.4) is 0 Å². The summed E-state index contributed by atoms with van der Waals surface area (Å²) in [7, 11) is 0. The monoisotopic (exact) mass is 259 g/mol. The fraction of sp³-hybridized carbons (Fsp3) is 0.462. The molecule has 1 aliphatic rings. The first-order valence-corrected chi connectivity index (χ1v) is 6.43. The molecule has 6 heteroatoms. The number of nitrogens with two attached hydrogens (primary N) is 1. The smallest absolute Gasteiger partial charge is 0.182 e. The van der Waals surface area contributed by atoms with E-state index in [1.54, 1.807) is 0 Å². The Kier molecular flexibility index (Phi) is 2.94. The molecule has 2 aromatic rings. The summed E-state index contributed by atoms with van der Waals surface area (Å²) in [5.41, 5.74) is 8.66. The SMILES string of the molecule is Cc1ccc(N)cc1-c1nnnn1C1CCOC1C. The molecule has 6 nitrogen and oxygen atoms in total. The van der Waals surface area contributed by atoms with Gasteiger partial charge in [0, 0.05) is 17.9 Å². The number of hydrogen-bond acceptors (Lipinski definition) is 5. The number of aryl methyl sites for hydroxylation is 1. The predicted molar refractivity (Wildman–Crippen MR) is 71.5 cm³/mol. The van der Waals surface area contributed by atoms with Gasteiger partial charge in [0.25, 0.3) is 0 Å². The number of tetrazole rings is 1. The Labute approximate surface area is 111 Å². The Morgan fingerprint density at radius 3 is 3.00 bits per heavy atom. The average molecular weight is 259 g/mol. The first-order valence-electron chi connectivity index (χ1n) is 6.43. The summed E-state index contributed by atoms with van der Waals surface area (Å²) in [5.74, 6) is 0.757. The minimum atomic E-state index is 0.128. The maximum absolute atomic E-state index is 5.86. The Morgan fingerprint density at radius 1 is 1.42 bits per heavy atom. The van der Waals surface area contributed by atoms with Gasteiger partial charge in [0.05, 0.1) is 12.1 Å². The Morgan fingerprint density at radius 2 is 2.26 bits per heavy atom. The number of rotatable bonds is 2. The van der Waals surface area contributed by atoms with E-state index in [1.165, 1.54) is 0 Å². The van der Waals surface area contributed by atoms with Gasteiger partial charge < -0.3 is 10.5 Å². The average Bonchev–Trinajstić information content (AvgIpc) is 3.00. The van der Waals surface area contributed by atoms with E-state index in [0.29, 0.717) is 5.69 Å². The summed E-state index contributed by atoms with van der Waals surface area (Å²) in [6, 6.07) is 5.97. The molecule has 1 saturated heterocycles. The van der Waals surface area contributed by atoms with Crippen molar-refractivity contribution in [2.24, 2.45) is 0 Å². The highest BCUT2D eigenvalue weighted by molar-refractivity contribution is 5.65. The number of nitrogens with zero attached hydrogens (tertiary/aromatic N) is 4. The number of anilines is 1. The van der Waals surface area contributed by atoms with Crippen LogP contribution in [-0.2, 0) is 4.74 Å². The second kappa shape index (κ2) is 4.62. The molecule has 0 amide bonds. The number of nitrogen functional groups attached to an aromatic ring is 1. The zero-order valence-electron chi connectivity index (χ0n) is 11.1. The van der Waals surface area contributed by atoms with Gasteiger partial charge >= 0.3 is 0 Å². The van der Waals surface area contributed by atoms with Crippen LogP contribution in [0.2, 0.25) is 0 Å². The van der Waals surface area contributed by atoms with Crippen LogP contribution < -0.4 is 5.73 Å². The molecule has 0 aliphatic carbocycles. The lowest BCUT2D eigenvalue weighted by Gasteiger charge is -2.16. The number of benzene rings is 1. The van der Waals surface area contributed by atoms with E-state index in [0.717, 1.165) is 30.0 Å². The van der Waals surface area contributed by atoms with Crippen LogP contribution in [0.25, 0.3) is 11.4 Å². The van der Waals surface area contributed by atoms with E-state index < -0.39 is 0 Å². The molecule has 0 saturated carbocycles. The van der Waals surface area contributed by atoms with Gasteiger partial charge in [0.15, 0.2) is 5.82 Å². The van der Waals surface area contributed by atoms with E-state index in [4.69, 9.17) is 10.5 Å². The lowest BCUT2D eigenvalue weighted by molar-refractivity contribution is 0.105. The van der Waals surface area contributed by atoms with Crippen LogP contribution >= 0.6 is 0 Å². The van der Waals surface area contributed by atoms with Crippen molar-refractivity contribution in [3.05, 3.63) is 23.8 Å². The minimum Gasteiger partial charge on any atom is -0.399 e. The van der Waals surface area contributed by atoms with Gasteiger partial charge in [-0.15, -0.1) is 5.10 Å². The second-order valence-electron chi connectivity index (χ2n) is 4.95. The van der Waals surface area contributed by atoms with Crippen molar-refractivity contribution in [1.29, 1.82) is 0 Å². The largest absolute Gasteiger partial charge is 0.399 e. The molecule has 2 unspecified atom stereocenters. The van der Waals surface area contributed by atoms with Crippen molar-refractivity contribution in [3.63, 3.8) is 0 Å². The van der Waals surface area contributed by atoms with E-state index >= 15 is 0 Å². The van der Waals surface area contributed by atoms with E-state index in [1.807, 2.05) is 29.8 Å². The van der Waals surface area contributed by atoms with Crippen molar-refractivity contribution >= 4 is 5.69 Å². The highest BCUT2D eigenvalue weighted by atomic mass is 16.5. The molecule has 0 bridgehead atoms. The fourth-order valence-electron chi connectivity index (χ4n) is 2.52. The molecular formula is C13H17N5O. The standard InChI is InChI=1S/C13H17N5O/c1-8-3-4-10(14)7-11(8)13-15-16-17-18(13)12-5-6-19-9(12)2/h3-4,7,9,12H,5-6,14H2,1-2H3. The normalized spacial score (nSPS) is 22.8. The maximum Gasteiger partial charge on any atom is 0.182 e. The summed E-state index contributed by atoms with van der Waals surface area (Å²) >= 11 is 0. The van der Waals surface area contributed by atoms with Crippen LogP contribution in [-0.4, -0.2) is 32.9 Å². The minimum absolute atomic E-state index is 0.128. The summed E-state index contributed by atoms with van der Waals surface area (Å²) in [6.07, 6.45) is 1.06. The fourth-order valence-corrected chi connectivity index (χ4v) is 2.52. The summed E-state index contributed by atoms with van der Waals surface area (Å²) in [4.78, 5) is 0. The third-order valence-corrected chi connectivity index (χ3v) is 3.65. The lowest BCUT2D eigenvalue weighted by Crippen LogP contribution is -2.19. The van der Waals surface area contributed by atoms with Crippen molar-refractivity contribution in [1.82, 2.24) is 20.2 Å². The molecule has 2 N–H and O–H groups in total. The summed E-state index contributed by atoms with van der Waals surface area (Å²) in [6.45, 7) is 4.83. The van der Waals surface area contributed by atoms with Crippen LogP contribution in [0.4, 0.5) is 5.69 Å². The number of aromatic nitrogens is 4. The van der Waals surface area contributed by atoms with Gasteiger partial charge in [0.1, 0.15) is 0 Å². The lowest BCUT2D eigenvalue weighted by atomic mass is 10.1. The van der Waals surface area contributed by atoms with Gasteiger partial charge in [-0.2, -0.15) is 0 Å². The maximum atomic E-state index is 5.86. The first kappa shape index (κ1) is 12.1. The van der Waals surface area contributed by atoms with Crippen molar-refractivity contribution in [2.75, 3.05) is 12.3 Å². The predicted octanol–water partition coefficient (Wildman–Crippen LogP) is 1.58.